The zero-order valence-electron chi connectivity index (χ0n) is 11.9. The number of amides is 2. The number of hydrogen-bond acceptors (Lipinski definition) is 3. The molecule has 5 nitrogen and oxygen atoms in total. The second-order valence-electron chi connectivity index (χ2n) is 5.40. The molecule has 1 saturated carbocycles. The molecule has 1 aromatic carbocycles. The molecule has 1 aliphatic carbocycles. The molecule has 3 N–H and O–H groups in total. The smallest absolute Gasteiger partial charge is 0.313 e. The van der Waals surface area contributed by atoms with Crippen LogP contribution in [0.4, 0.5) is 14.5 Å². The lowest BCUT2D eigenvalue weighted by molar-refractivity contribution is -0.136. The molecule has 2 atom stereocenters. The van der Waals surface area contributed by atoms with E-state index in [4.69, 9.17) is 0 Å². The van der Waals surface area contributed by atoms with Crippen LogP contribution >= 0.6 is 0 Å². The number of halogens is 2. The Kier molecular flexibility index (Phi) is 5.43. The van der Waals surface area contributed by atoms with E-state index in [1.165, 1.54) is 0 Å². The predicted octanol–water partition coefficient (Wildman–Crippen LogP) is 1.57. The number of carbonyl (C=O) groups excluding carboxylic acids is 2. The lowest BCUT2D eigenvalue weighted by atomic mass is 9.86. The highest BCUT2D eigenvalue weighted by molar-refractivity contribution is 6.39. The Hall–Kier alpha value is -2.02. The fraction of sp³-hybridized carbons (Fsp3) is 0.467. The van der Waals surface area contributed by atoms with Crippen LogP contribution in [0.1, 0.15) is 25.7 Å². The van der Waals surface area contributed by atoms with Gasteiger partial charge in [0.1, 0.15) is 11.6 Å². The van der Waals surface area contributed by atoms with Crippen molar-refractivity contribution in [2.45, 2.75) is 31.8 Å². The summed E-state index contributed by atoms with van der Waals surface area (Å²) in [5, 5.41) is 14.2. The van der Waals surface area contributed by atoms with Crippen LogP contribution in [0.3, 0.4) is 0 Å². The van der Waals surface area contributed by atoms with Crippen LogP contribution in [-0.2, 0) is 9.59 Å². The quantitative estimate of drug-likeness (QED) is 0.741. The number of nitrogens with one attached hydrogen (secondary N) is 2. The van der Waals surface area contributed by atoms with Crippen LogP contribution in [0.15, 0.2) is 18.2 Å². The molecule has 1 aliphatic rings. The predicted molar refractivity (Wildman–Crippen MR) is 76.0 cm³/mol. The third kappa shape index (κ3) is 4.24. The van der Waals surface area contributed by atoms with Crippen LogP contribution in [0, 0.1) is 17.6 Å². The van der Waals surface area contributed by atoms with Gasteiger partial charge in [-0.25, -0.2) is 8.78 Å². The van der Waals surface area contributed by atoms with E-state index >= 15 is 0 Å². The Labute approximate surface area is 126 Å². The number of anilines is 1. The zero-order chi connectivity index (χ0) is 16.1. The van der Waals surface area contributed by atoms with Crippen molar-refractivity contribution >= 4 is 17.5 Å². The van der Waals surface area contributed by atoms with Crippen molar-refractivity contribution in [1.29, 1.82) is 0 Å². The summed E-state index contributed by atoms with van der Waals surface area (Å²) in [5.74, 6) is -3.65. The normalized spacial score (nSPS) is 21.2. The van der Waals surface area contributed by atoms with Gasteiger partial charge >= 0.3 is 11.8 Å². The average Bonchev–Trinajstić information content (AvgIpc) is 2.49. The van der Waals surface area contributed by atoms with Crippen LogP contribution < -0.4 is 10.6 Å². The molecule has 0 unspecified atom stereocenters. The Morgan fingerprint density at radius 1 is 1.18 bits per heavy atom. The van der Waals surface area contributed by atoms with Crippen molar-refractivity contribution in [2.24, 2.45) is 5.92 Å². The van der Waals surface area contributed by atoms with Crippen LogP contribution in [0.5, 0.6) is 0 Å². The summed E-state index contributed by atoms with van der Waals surface area (Å²) in [5.41, 5.74) is -0.391. The molecule has 0 radical (unpaired) electrons. The first kappa shape index (κ1) is 16.4. The number of rotatable bonds is 3. The summed E-state index contributed by atoms with van der Waals surface area (Å²) < 4.78 is 26.4. The summed E-state index contributed by atoms with van der Waals surface area (Å²) in [4.78, 5) is 23.3. The molecule has 22 heavy (non-hydrogen) atoms. The third-order valence-corrected chi connectivity index (χ3v) is 3.78. The van der Waals surface area contributed by atoms with E-state index in [2.05, 4.69) is 5.32 Å². The van der Waals surface area contributed by atoms with Gasteiger partial charge in [-0.05, 0) is 25.0 Å². The average molecular weight is 312 g/mol. The van der Waals surface area contributed by atoms with Crippen molar-refractivity contribution in [1.82, 2.24) is 5.32 Å². The maximum Gasteiger partial charge on any atom is 0.313 e. The van der Waals surface area contributed by atoms with Gasteiger partial charge in [0.05, 0.1) is 11.8 Å². The Morgan fingerprint density at radius 2 is 1.91 bits per heavy atom. The first-order valence-electron chi connectivity index (χ1n) is 7.19. The zero-order valence-corrected chi connectivity index (χ0v) is 11.9. The second kappa shape index (κ2) is 7.31. The molecule has 120 valence electrons. The summed E-state index contributed by atoms with van der Waals surface area (Å²) in [6, 6.07) is 2.57. The van der Waals surface area contributed by atoms with Gasteiger partial charge in [0, 0.05) is 18.5 Å². The lowest BCUT2D eigenvalue weighted by Crippen LogP contribution is -2.41. The molecule has 0 spiro atoms. The first-order chi connectivity index (χ1) is 10.5. The van der Waals surface area contributed by atoms with E-state index in [1.807, 2.05) is 5.32 Å². The SMILES string of the molecule is O=C(NC[C@H]1CCCC[C@H]1O)C(=O)Nc1cc(F)ccc1F. The molecule has 0 bridgehead atoms. The maximum absolute atomic E-state index is 13.4. The summed E-state index contributed by atoms with van der Waals surface area (Å²) in [6.45, 7) is 0.180. The molecule has 7 heteroatoms. The first-order valence-corrected chi connectivity index (χ1v) is 7.19. The highest BCUT2D eigenvalue weighted by atomic mass is 19.1. The molecular weight excluding hydrogens is 294 g/mol. The van der Waals surface area contributed by atoms with Gasteiger partial charge in [0.2, 0.25) is 0 Å². The van der Waals surface area contributed by atoms with Crippen molar-refractivity contribution in [3.63, 3.8) is 0 Å². The number of hydrogen-bond donors (Lipinski definition) is 3. The maximum atomic E-state index is 13.4. The summed E-state index contributed by atoms with van der Waals surface area (Å²) in [7, 11) is 0. The van der Waals surface area contributed by atoms with Crippen molar-refractivity contribution in [3.05, 3.63) is 29.8 Å². The summed E-state index contributed by atoms with van der Waals surface area (Å²) >= 11 is 0. The minimum Gasteiger partial charge on any atom is -0.393 e. The van der Waals surface area contributed by atoms with E-state index in [9.17, 15) is 23.5 Å². The molecule has 2 amide bonds. The van der Waals surface area contributed by atoms with Crippen molar-refractivity contribution in [3.8, 4) is 0 Å². The minimum absolute atomic E-state index is 0.0867. The molecule has 0 saturated heterocycles. The molecule has 0 aliphatic heterocycles. The molecular formula is C15H18F2N2O3. The van der Waals surface area contributed by atoms with E-state index in [0.717, 1.165) is 37.5 Å². The van der Waals surface area contributed by atoms with Crippen molar-refractivity contribution < 1.29 is 23.5 Å². The lowest BCUT2D eigenvalue weighted by Gasteiger charge is -2.27. The monoisotopic (exact) mass is 312 g/mol. The van der Waals surface area contributed by atoms with Gasteiger partial charge in [0.15, 0.2) is 0 Å². The minimum atomic E-state index is -1.07. The van der Waals surface area contributed by atoms with E-state index in [-0.39, 0.29) is 12.5 Å². The summed E-state index contributed by atoms with van der Waals surface area (Å²) in [6.07, 6.45) is 2.89. The largest absolute Gasteiger partial charge is 0.393 e. The highest BCUT2D eigenvalue weighted by Crippen LogP contribution is 2.23. The van der Waals surface area contributed by atoms with Gasteiger partial charge < -0.3 is 15.7 Å². The molecule has 0 aromatic heterocycles. The van der Waals surface area contributed by atoms with Crippen molar-refractivity contribution in [2.75, 3.05) is 11.9 Å². The third-order valence-electron chi connectivity index (χ3n) is 3.78. The fourth-order valence-electron chi connectivity index (χ4n) is 2.50. The molecule has 0 heterocycles. The van der Waals surface area contributed by atoms with Gasteiger partial charge in [-0.15, -0.1) is 0 Å². The van der Waals surface area contributed by atoms with E-state index in [1.54, 1.807) is 0 Å². The Bertz CT molecular complexity index is 566. The van der Waals surface area contributed by atoms with Gasteiger partial charge in [-0.1, -0.05) is 12.8 Å². The van der Waals surface area contributed by atoms with E-state index in [0.29, 0.717) is 6.42 Å². The van der Waals surface area contributed by atoms with Gasteiger partial charge in [-0.2, -0.15) is 0 Å². The van der Waals surface area contributed by atoms with Crippen LogP contribution in [0.2, 0.25) is 0 Å². The van der Waals surface area contributed by atoms with Crippen LogP contribution in [0.25, 0.3) is 0 Å². The van der Waals surface area contributed by atoms with Crippen LogP contribution in [-0.4, -0.2) is 29.6 Å². The number of carbonyl (C=O) groups is 2. The standard InChI is InChI=1S/C15H18F2N2O3/c16-10-5-6-11(17)12(7-10)19-15(22)14(21)18-8-9-3-1-2-4-13(9)20/h5-7,9,13,20H,1-4,8H2,(H,18,21)(H,19,22)/t9-,13-/m1/s1. The molecule has 2 rings (SSSR count). The molecule has 1 aromatic rings. The van der Waals surface area contributed by atoms with Gasteiger partial charge in [-0.3, -0.25) is 9.59 Å². The number of aliphatic hydroxyl groups excluding tert-OH is 1. The molecule has 1 fully saturated rings. The number of aliphatic hydroxyl groups is 1. The fourth-order valence-corrected chi connectivity index (χ4v) is 2.50. The topological polar surface area (TPSA) is 78.4 Å². The number of benzene rings is 1. The highest BCUT2D eigenvalue weighted by Gasteiger charge is 2.24. The van der Waals surface area contributed by atoms with E-state index < -0.39 is 35.2 Å². The Morgan fingerprint density at radius 3 is 2.64 bits per heavy atom. The van der Waals surface area contributed by atoms with Gasteiger partial charge in [0.25, 0.3) is 0 Å². The Balaban J connectivity index is 1.86. The second-order valence-corrected chi connectivity index (χ2v) is 5.40.